The van der Waals surface area contributed by atoms with Crippen molar-refractivity contribution in [3.8, 4) is 55.9 Å². The van der Waals surface area contributed by atoms with E-state index in [1.165, 1.54) is 0 Å². The van der Waals surface area contributed by atoms with Crippen molar-refractivity contribution in [1.29, 1.82) is 0 Å². The molecular weight excluding hydrogens is 536 g/mol. The Morgan fingerprint density at radius 2 is 0.568 bits per heavy atom. The molecule has 4 heterocycles. The van der Waals surface area contributed by atoms with E-state index in [4.69, 9.17) is 19.9 Å². The van der Waals surface area contributed by atoms with Crippen LogP contribution >= 0.6 is 0 Å². The zero-order valence-corrected chi connectivity index (χ0v) is 23.8. The maximum atomic E-state index is 4.97. The fraction of sp³-hybridized carbons (Fsp3) is 0. The monoisotopic (exact) mass is 562 g/mol. The SMILES string of the molecule is c1ccc(-c2cccc3cccnc23)c(-c2cccnc2-c2ncccc2-c2ccccc2-c2cccc3cccnc23)c1. The molecule has 0 N–H and O–H groups in total. The third-order valence-corrected chi connectivity index (χ3v) is 8.12. The Labute approximate surface area is 255 Å². The van der Waals surface area contributed by atoms with Gasteiger partial charge in [0.1, 0.15) is 0 Å². The normalized spacial score (nSPS) is 11.2. The Hall–Kier alpha value is -6.00. The highest BCUT2D eigenvalue weighted by atomic mass is 14.8. The molecule has 4 aromatic heterocycles. The molecule has 0 bridgehead atoms. The molecule has 4 nitrogen and oxygen atoms in total. The highest BCUT2D eigenvalue weighted by molar-refractivity contribution is 6.02. The Balaban J connectivity index is 1.34. The molecule has 0 spiro atoms. The molecule has 44 heavy (non-hydrogen) atoms. The van der Waals surface area contributed by atoms with E-state index in [0.29, 0.717) is 0 Å². The number of hydrogen-bond donors (Lipinski definition) is 0. The molecule has 0 aliphatic rings. The Morgan fingerprint density at radius 1 is 0.250 bits per heavy atom. The van der Waals surface area contributed by atoms with Crippen LogP contribution < -0.4 is 0 Å². The lowest BCUT2D eigenvalue weighted by Gasteiger charge is -2.17. The summed E-state index contributed by atoms with van der Waals surface area (Å²) in [7, 11) is 0. The van der Waals surface area contributed by atoms with Crippen LogP contribution in [-0.2, 0) is 0 Å². The first-order valence-electron chi connectivity index (χ1n) is 14.6. The first-order chi connectivity index (χ1) is 21.9. The second kappa shape index (κ2) is 11.0. The van der Waals surface area contributed by atoms with Crippen molar-refractivity contribution in [3.63, 3.8) is 0 Å². The van der Waals surface area contributed by atoms with E-state index in [1.807, 2.05) is 49.1 Å². The summed E-state index contributed by atoms with van der Waals surface area (Å²) in [6, 6.07) is 46.1. The van der Waals surface area contributed by atoms with Gasteiger partial charge in [-0.05, 0) is 46.5 Å². The van der Waals surface area contributed by atoms with Crippen molar-refractivity contribution in [1.82, 2.24) is 19.9 Å². The van der Waals surface area contributed by atoms with Crippen molar-refractivity contribution in [2.75, 3.05) is 0 Å². The minimum Gasteiger partial charge on any atom is -0.256 e. The molecular formula is C40H26N4. The third-order valence-electron chi connectivity index (χ3n) is 8.12. The van der Waals surface area contributed by atoms with Crippen LogP contribution in [0.5, 0.6) is 0 Å². The van der Waals surface area contributed by atoms with Gasteiger partial charge < -0.3 is 0 Å². The van der Waals surface area contributed by atoms with E-state index in [1.54, 1.807) is 0 Å². The number of hydrogen-bond acceptors (Lipinski definition) is 4. The smallest absolute Gasteiger partial charge is 0.0970 e. The van der Waals surface area contributed by atoms with E-state index in [-0.39, 0.29) is 0 Å². The molecule has 4 aromatic carbocycles. The summed E-state index contributed by atoms with van der Waals surface area (Å²) in [5.74, 6) is 0. The van der Waals surface area contributed by atoms with Gasteiger partial charge in [0.25, 0.3) is 0 Å². The lowest BCUT2D eigenvalue weighted by molar-refractivity contribution is 1.25. The molecule has 0 unspecified atom stereocenters. The van der Waals surface area contributed by atoms with Crippen molar-refractivity contribution in [2.24, 2.45) is 0 Å². The van der Waals surface area contributed by atoms with Gasteiger partial charge in [0.15, 0.2) is 0 Å². The quantitative estimate of drug-likeness (QED) is 0.209. The molecule has 0 fully saturated rings. The van der Waals surface area contributed by atoms with E-state index in [0.717, 1.165) is 77.7 Å². The van der Waals surface area contributed by atoms with Crippen molar-refractivity contribution in [2.45, 2.75) is 0 Å². The second-order valence-corrected chi connectivity index (χ2v) is 10.7. The van der Waals surface area contributed by atoms with Crippen LogP contribution in [0, 0.1) is 0 Å². The average molecular weight is 563 g/mol. The number of para-hydroxylation sites is 2. The molecule has 8 rings (SSSR count). The highest BCUT2D eigenvalue weighted by Gasteiger charge is 2.20. The largest absolute Gasteiger partial charge is 0.256 e. The van der Waals surface area contributed by atoms with Gasteiger partial charge in [0.05, 0.1) is 22.4 Å². The number of nitrogens with zero attached hydrogens (tertiary/aromatic N) is 4. The maximum absolute atomic E-state index is 4.97. The zero-order chi connectivity index (χ0) is 29.3. The summed E-state index contributed by atoms with van der Waals surface area (Å²) in [6.07, 6.45) is 7.40. The van der Waals surface area contributed by atoms with Gasteiger partial charge in [-0.1, -0.05) is 109 Å². The Morgan fingerprint density at radius 3 is 1.02 bits per heavy atom. The van der Waals surface area contributed by atoms with Crippen molar-refractivity contribution < 1.29 is 0 Å². The van der Waals surface area contributed by atoms with Crippen LogP contribution in [0.15, 0.2) is 158 Å². The van der Waals surface area contributed by atoms with E-state index >= 15 is 0 Å². The first-order valence-corrected chi connectivity index (χ1v) is 14.6. The summed E-state index contributed by atoms with van der Waals surface area (Å²) in [6.45, 7) is 0. The first kappa shape index (κ1) is 25.7. The summed E-state index contributed by atoms with van der Waals surface area (Å²) < 4.78 is 0. The van der Waals surface area contributed by atoms with Crippen LogP contribution in [0.25, 0.3) is 77.7 Å². The minimum absolute atomic E-state index is 0.828. The van der Waals surface area contributed by atoms with E-state index in [2.05, 4.69) is 109 Å². The summed E-state index contributed by atoms with van der Waals surface area (Å²) in [5, 5.41) is 2.22. The molecule has 8 aromatic rings. The zero-order valence-electron chi connectivity index (χ0n) is 23.8. The summed E-state index contributed by atoms with van der Waals surface area (Å²) in [4.78, 5) is 19.4. The molecule has 0 saturated heterocycles. The molecule has 0 aliphatic heterocycles. The molecule has 0 atom stereocenters. The van der Waals surface area contributed by atoms with E-state index in [9.17, 15) is 0 Å². The summed E-state index contributed by atoms with van der Waals surface area (Å²) >= 11 is 0. The number of benzene rings is 4. The van der Waals surface area contributed by atoms with Gasteiger partial charge in [-0.15, -0.1) is 0 Å². The topological polar surface area (TPSA) is 51.6 Å². The fourth-order valence-electron chi connectivity index (χ4n) is 6.17. The predicted octanol–water partition coefficient (Wildman–Crippen LogP) is 9.91. The molecule has 4 heteroatoms. The van der Waals surface area contributed by atoms with Gasteiger partial charge >= 0.3 is 0 Å². The maximum Gasteiger partial charge on any atom is 0.0970 e. The Kier molecular flexibility index (Phi) is 6.43. The van der Waals surface area contributed by atoms with Gasteiger partial charge in [0, 0.05) is 57.8 Å². The van der Waals surface area contributed by atoms with Crippen molar-refractivity contribution >= 4 is 21.8 Å². The number of aromatic nitrogens is 4. The average Bonchev–Trinajstić information content (AvgIpc) is 3.11. The van der Waals surface area contributed by atoms with Gasteiger partial charge in [-0.25, -0.2) is 0 Å². The molecule has 0 aliphatic carbocycles. The molecule has 0 radical (unpaired) electrons. The van der Waals surface area contributed by atoms with Crippen LogP contribution in [0.3, 0.4) is 0 Å². The lowest BCUT2D eigenvalue weighted by atomic mass is 9.89. The van der Waals surface area contributed by atoms with Gasteiger partial charge in [0.2, 0.25) is 0 Å². The predicted molar refractivity (Wildman–Crippen MR) is 180 cm³/mol. The number of fused-ring (bicyclic) bond motifs is 2. The van der Waals surface area contributed by atoms with E-state index < -0.39 is 0 Å². The fourth-order valence-corrected chi connectivity index (χ4v) is 6.17. The van der Waals surface area contributed by atoms with Crippen molar-refractivity contribution in [3.05, 3.63) is 158 Å². The molecule has 0 amide bonds. The molecule has 206 valence electrons. The van der Waals surface area contributed by atoms with Crippen LogP contribution in [0.1, 0.15) is 0 Å². The second-order valence-electron chi connectivity index (χ2n) is 10.7. The van der Waals surface area contributed by atoms with Crippen LogP contribution in [0.4, 0.5) is 0 Å². The van der Waals surface area contributed by atoms with Gasteiger partial charge in [-0.2, -0.15) is 0 Å². The lowest BCUT2D eigenvalue weighted by Crippen LogP contribution is -1.97. The van der Waals surface area contributed by atoms with Gasteiger partial charge in [-0.3, -0.25) is 19.9 Å². The highest BCUT2D eigenvalue weighted by Crippen LogP contribution is 2.43. The third kappa shape index (κ3) is 4.41. The molecule has 0 saturated carbocycles. The Bertz CT molecular complexity index is 2130. The standard InChI is InChI=1S/C40H26N4/c1-3-17-31(29(15-1)33-19-5-11-27-13-7-23-41-37(27)33)35-21-9-25-43-39(35)40-36(22-10-26-44-40)32-18-4-2-16-30(32)34-20-6-12-28-14-8-24-42-38(28)34/h1-26H. The number of rotatable bonds is 5. The minimum atomic E-state index is 0.828. The van der Waals surface area contributed by atoms with Crippen LogP contribution in [0.2, 0.25) is 0 Å². The van der Waals surface area contributed by atoms with Crippen LogP contribution in [-0.4, -0.2) is 19.9 Å². The number of pyridine rings is 4. The summed E-state index contributed by atoms with van der Waals surface area (Å²) in [5.41, 5.74) is 12.2.